The van der Waals surface area contributed by atoms with E-state index in [9.17, 15) is 9.90 Å². The molecule has 0 saturated heterocycles. The molecule has 1 aliphatic rings. The van der Waals surface area contributed by atoms with Gasteiger partial charge in [0.25, 0.3) is 5.88 Å². The van der Waals surface area contributed by atoms with Crippen LogP contribution in [0.25, 0.3) is 0 Å². The SMILES string of the molecule is O=C(O)C1NCCc2onc(O)c21. The van der Waals surface area contributed by atoms with E-state index in [1.54, 1.807) is 0 Å². The highest BCUT2D eigenvalue weighted by atomic mass is 16.5. The maximum Gasteiger partial charge on any atom is 0.325 e. The Morgan fingerprint density at radius 3 is 3.15 bits per heavy atom. The van der Waals surface area contributed by atoms with Gasteiger partial charge in [-0.3, -0.25) is 10.1 Å². The largest absolute Gasteiger partial charge is 0.491 e. The lowest BCUT2D eigenvalue weighted by Gasteiger charge is -2.17. The third-order valence-electron chi connectivity index (χ3n) is 2.02. The van der Waals surface area contributed by atoms with Crippen LogP contribution in [0.4, 0.5) is 0 Å². The topological polar surface area (TPSA) is 95.6 Å². The Morgan fingerprint density at radius 1 is 1.69 bits per heavy atom. The molecule has 0 saturated carbocycles. The van der Waals surface area contributed by atoms with Crippen LogP contribution in [0, 0.1) is 0 Å². The van der Waals surface area contributed by atoms with E-state index in [4.69, 9.17) is 9.63 Å². The Hall–Kier alpha value is -1.56. The highest BCUT2D eigenvalue weighted by Gasteiger charge is 2.32. The van der Waals surface area contributed by atoms with Crippen LogP contribution < -0.4 is 5.32 Å². The number of aromatic nitrogens is 1. The lowest BCUT2D eigenvalue weighted by Crippen LogP contribution is -2.34. The molecular weight excluding hydrogens is 176 g/mol. The van der Waals surface area contributed by atoms with Crippen LogP contribution in [0.2, 0.25) is 0 Å². The van der Waals surface area contributed by atoms with Crippen molar-refractivity contribution in [3.8, 4) is 5.88 Å². The molecule has 1 unspecified atom stereocenters. The normalized spacial score (nSPS) is 21.1. The molecule has 1 aromatic heterocycles. The van der Waals surface area contributed by atoms with Crippen LogP contribution >= 0.6 is 0 Å². The van der Waals surface area contributed by atoms with E-state index >= 15 is 0 Å². The fourth-order valence-corrected chi connectivity index (χ4v) is 1.43. The predicted octanol–water partition coefficient (Wildman–Crippen LogP) is -0.348. The van der Waals surface area contributed by atoms with Gasteiger partial charge >= 0.3 is 5.97 Å². The van der Waals surface area contributed by atoms with Crippen molar-refractivity contribution >= 4 is 5.97 Å². The van der Waals surface area contributed by atoms with E-state index in [2.05, 4.69) is 10.5 Å². The minimum Gasteiger partial charge on any atom is -0.491 e. The molecule has 1 aliphatic heterocycles. The first-order valence-corrected chi connectivity index (χ1v) is 3.83. The van der Waals surface area contributed by atoms with Gasteiger partial charge in [-0.15, -0.1) is 0 Å². The van der Waals surface area contributed by atoms with Gasteiger partial charge in [-0.2, -0.15) is 0 Å². The molecule has 1 atom stereocenters. The third-order valence-corrected chi connectivity index (χ3v) is 2.02. The standard InChI is InChI=1S/C7H8N2O4/c10-6-4-3(13-9-6)1-2-8-5(4)7(11)12/h5,8H,1-2H2,(H,9,10)(H,11,12). The molecule has 0 aliphatic carbocycles. The molecule has 13 heavy (non-hydrogen) atoms. The summed E-state index contributed by atoms with van der Waals surface area (Å²) in [6, 6.07) is -0.907. The summed E-state index contributed by atoms with van der Waals surface area (Å²) in [7, 11) is 0. The Labute approximate surface area is 73.2 Å². The molecule has 1 aromatic rings. The summed E-state index contributed by atoms with van der Waals surface area (Å²) in [5, 5.41) is 24.0. The highest BCUT2D eigenvalue weighted by molar-refractivity contribution is 5.77. The zero-order valence-corrected chi connectivity index (χ0v) is 6.65. The predicted molar refractivity (Wildman–Crippen MR) is 40.3 cm³/mol. The van der Waals surface area contributed by atoms with E-state index in [-0.39, 0.29) is 11.4 Å². The maximum absolute atomic E-state index is 10.7. The summed E-state index contributed by atoms with van der Waals surface area (Å²) < 4.78 is 4.76. The van der Waals surface area contributed by atoms with Crippen molar-refractivity contribution < 1.29 is 19.5 Å². The number of hydrogen-bond acceptors (Lipinski definition) is 5. The summed E-state index contributed by atoms with van der Waals surface area (Å²) in [4.78, 5) is 10.7. The number of nitrogens with zero attached hydrogens (tertiary/aromatic N) is 1. The molecule has 3 N–H and O–H groups in total. The summed E-state index contributed by atoms with van der Waals surface area (Å²) in [6.07, 6.45) is 0.548. The van der Waals surface area contributed by atoms with E-state index in [0.717, 1.165) is 0 Å². The van der Waals surface area contributed by atoms with Crippen LogP contribution in [-0.2, 0) is 11.2 Å². The smallest absolute Gasteiger partial charge is 0.325 e. The Kier molecular flexibility index (Phi) is 1.70. The van der Waals surface area contributed by atoms with Gasteiger partial charge in [0.2, 0.25) is 0 Å². The van der Waals surface area contributed by atoms with Crippen molar-refractivity contribution in [2.75, 3.05) is 6.54 Å². The van der Waals surface area contributed by atoms with Gasteiger partial charge in [0, 0.05) is 13.0 Å². The molecule has 70 valence electrons. The number of aliphatic carboxylic acids is 1. The van der Waals surface area contributed by atoms with Crippen molar-refractivity contribution in [3.63, 3.8) is 0 Å². The summed E-state index contributed by atoms with van der Waals surface area (Å²) in [5.74, 6) is -0.933. The molecule has 0 aromatic carbocycles. The Balaban J connectivity index is 2.46. The fraction of sp³-hybridized carbons (Fsp3) is 0.429. The molecule has 0 bridgehead atoms. The van der Waals surface area contributed by atoms with E-state index in [0.29, 0.717) is 18.7 Å². The average molecular weight is 184 g/mol. The molecule has 2 rings (SSSR count). The average Bonchev–Trinajstić information content (AvgIpc) is 2.48. The molecule has 2 heterocycles. The second-order valence-electron chi connectivity index (χ2n) is 2.82. The first-order chi connectivity index (χ1) is 6.20. The number of hydrogen-bond donors (Lipinski definition) is 3. The number of carboxylic acid groups (broad SMARTS) is 1. The first-order valence-electron chi connectivity index (χ1n) is 3.83. The van der Waals surface area contributed by atoms with Crippen LogP contribution in [0.15, 0.2) is 4.52 Å². The summed E-state index contributed by atoms with van der Waals surface area (Å²) in [6.45, 7) is 0.513. The molecule has 0 amide bonds. The number of fused-ring (bicyclic) bond motifs is 1. The second kappa shape index (κ2) is 2.74. The minimum absolute atomic E-state index is 0.249. The monoisotopic (exact) mass is 184 g/mol. The minimum atomic E-state index is -1.04. The van der Waals surface area contributed by atoms with E-state index < -0.39 is 12.0 Å². The van der Waals surface area contributed by atoms with Crippen LogP contribution in [0.3, 0.4) is 0 Å². The van der Waals surface area contributed by atoms with Crippen molar-refractivity contribution in [1.82, 2.24) is 10.5 Å². The van der Waals surface area contributed by atoms with Crippen molar-refractivity contribution in [2.45, 2.75) is 12.5 Å². The van der Waals surface area contributed by atoms with Crippen molar-refractivity contribution in [2.24, 2.45) is 0 Å². The number of carbonyl (C=O) groups is 1. The van der Waals surface area contributed by atoms with E-state index in [1.165, 1.54) is 0 Å². The zero-order chi connectivity index (χ0) is 9.42. The Bertz CT molecular complexity index is 346. The molecule has 0 radical (unpaired) electrons. The van der Waals surface area contributed by atoms with Gasteiger partial charge in [0.05, 0.1) is 5.56 Å². The van der Waals surface area contributed by atoms with Gasteiger partial charge in [-0.1, -0.05) is 0 Å². The molecule has 6 heteroatoms. The quantitative estimate of drug-likeness (QED) is 0.552. The fourth-order valence-electron chi connectivity index (χ4n) is 1.43. The van der Waals surface area contributed by atoms with Crippen LogP contribution in [0.5, 0.6) is 5.88 Å². The van der Waals surface area contributed by atoms with Gasteiger partial charge in [-0.05, 0) is 5.16 Å². The molecule has 6 nitrogen and oxygen atoms in total. The van der Waals surface area contributed by atoms with Crippen molar-refractivity contribution in [1.29, 1.82) is 0 Å². The zero-order valence-electron chi connectivity index (χ0n) is 6.65. The summed E-state index contributed by atoms with van der Waals surface area (Å²) >= 11 is 0. The van der Waals surface area contributed by atoms with Gasteiger partial charge < -0.3 is 14.7 Å². The van der Waals surface area contributed by atoms with Gasteiger partial charge in [-0.25, -0.2) is 0 Å². The van der Waals surface area contributed by atoms with Crippen molar-refractivity contribution in [3.05, 3.63) is 11.3 Å². The number of carboxylic acids is 1. The second-order valence-corrected chi connectivity index (χ2v) is 2.82. The highest BCUT2D eigenvalue weighted by Crippen LogP contribution is 2.30. The number of nitrogens with one attached hydrogen (secondary N) is 1. The first kappa shape index (κ1) is 8.06. The Morgan fingerprint density at radius 2 is 2.46 bits per heavy atom. The van der Waals surface area contributed by atoms with Gasteiger partial charge in [0.1, 0.15) is 11.8 Å². The van der Waals surface area contributed by atoms with Gasteiger partial charge in [0.15, 0.2) is 0 Å². The lowest BCUT2D eigenvalue weighted by atomic mass is 10.0. The maximum atomic E-state index is 10.7. The van der Waals surface area contributed by atoms with E-state index in [1.807, 2.05) is 0 Å². The van der Waals surface area contributed by atoms with Crippen LogP contribution in [0.1, 0.15) is 17.4 Å². The molecular formula is C7H8N2O4. The molecule has 0 fully saturated rings. The molecule has 0 spiro atoms. The van der Waals surface area contributed by atoms with Crippen LogP contribution in [-0.4, -0.2) is 27.9 Å². The third kappa shape index (κ3) is 1.15. The summed E-state index contributed by atoms with van der Waals surface area (Å²) in [5.41, 5.74) is 0.249. The number of rotatable bonds is 1. The number of aromatic hydroxyl groups is 1. The lowest BCUT2D eigenvalue weighted by molar-refractivity contribution is -0.139.